The Balaban J connectivity index is 1.38. The monoisotopic (exact) mass is 654 g/mol. The zero-order valence-electron chi connectivity index (χ0n) is 20.9. The molecular weight excluding hydrogens is 631 g/mol. The second-order valence-electron chi connectivity index (χ2n) is 9.31. The van der Waals surface area contributed by atoms with Crippen molar-refractivity contribution < 1.29 is 13.9 Å². The lowest BCUT2D eigenvalue weighted by Crippen LogP contribution is -2.25. The number of halogens is 3. The van der Waals surface area contributed by atoms with Gasteiger partial charge in [0.2, 0.25) is 0 Å². The van der Waals surface area contributed by atoms with E-state index >= 15 is 0 Å². The van der Waals surface area contributed by atoms with Gasteiger partial charge in [0.25, 0.3) is 11.5 Å². The highest BCUT2D eigenvalue weighted by atomic mass is 79.9. The minimum atomic E-state index is -0.524. The minimum absolute atomic E-state index is 0.0850. The van der Waals surface area contributed by atoms with Gasteiger partial charge in [0.1, 0.15) is 17.4 Å². The lowest BCUT2D eigenvalue weighted by molar-refractivity contribution is -0.118. The number of hydrogen-bond acceptors (Lipinski definition) is 5. The fraction of sp³-hybridized carbons (Fsp3) is 0.241. The SMILES string of the molecule is O=C(COc1c(Br)cc(C=Nn2c(C3CCCCC3)nc3ccccc3c2=O)cc1Br)Nc1ccccc1F. The minimum Gasteiger partial charge on any atom is -0.481 e. The van der Waals surface area contributed by atoms with Gasteiger partial charge in [0, 0.05) is 5.92 Å². The molecule has 0 radical (unpaired) electrons. The van der Waals surface area contributed by atoms with Gasteiger partial charge in [0.05, 0.1) is 31.8 Å². The van der Waals surface area contributed by atoms with Gasteiger partial charge in [-0.1, -0.05) is 43.5 Å². The zero-order valence-corrected chi connectivity index (χ0v) is 24.0. The molecule has 200 valence electrons. The highest BCUT2D eigenvalue weighted by Crippen LogP contribution is 2.35. The summed E-state index contributed by atoms with van der Waals surface area (Å²) in [5.74, 6) is 0.252. The van der Waals surface area contributed by atoms with Crippen LogP contribution in [0, 0.1) is 5.82 Å². The number of fused-ring (bicyclic) bond motifs is 1. The number of anilines is 1. The van der Waals surface area contributed by atoms with Crippen LogP contribution in [0.3, 0.4) is 0 Å². The molecule has 7 nitrogen and oxygen atoms in total. The molecule has 5 rings (SSSR count). The van der Waals surface area contributed by atoms with Crippen molar-refractivity contribution in [2.75, 3.05) is 11.9 Å². The number of amides is 1. The second-order valence-corrected chi connectivity index (χ2v) is 11.0. The van der Waals surface area contributed by atoms with Crippen LogP contribution in [0.4, 0.5) is 10.1 Å². The molecule has 1 aliphatic carbocycles. The quantitative estimate of drug-likeness (QED) is 0.217. The van der Waals surface area contributed by atoms with E-state index in [-0.39, 0.29) is 23.8 Å². The van der Waals surface area contributed by atoms with E-state index in [1.807, 2.05) is 18.2 Å². The van der Waals surface area contributed by atoms with Gasteiger partial charge in [-0.2, -0.15) is 9.78 Å². The molecule has 39 heavy (non-hydrogen) atoms. The summed E-state index contributed by atoms with van der Waals surface area (Å²) in [4.78, 5) is 30.5. The van der Waals surface area contributed by atoms with E-state index < -0.39 is 11.7 Å². The summed E-state index contributed by atoms with van der Waals surface area (Å²) in [5, 5.41) is 7.59. The standard InChI is InChI=1S/C29H25Br2FN4O3/c30-21-14-18(15-22(31)27(21)39-17-26(37)34-25-13-7-5-11-23(25)32)16-33-36-28(19-8-2-1-3-9-19)35-24-12-6-4-10-20(24)29(36)38/h4-7,10-16,19H,1-3,8-9,17H2,(H,34,37). The number of aromatic nitrogens is 2. The number of rotatable bonds is 7. The Labute approximate surface area is 241 Å². The smallest absolute Gasteiger partial charge is 0.282 e. The van der Waals surface area contributed by atoms with E-state index in [4.69, 9.17) is 9.72 Å². The van der Waals surface area contributed by atoms with Crippen LogP contribution in [0.25, 0.3) is 10.9 Å². The van der Waals surface area contributed by atoms with Crippen LogP contribution in [0.1, 0.15) is 49.4 Å². The average Bonchev–Trinajstić information content (AvgIpc) is 2.94. The maximum atomic E-state index is 13.8. The molecule has 0 unspecified atom stereocenters. The third-order valence-corrected chi connectivity index (χ3v) is 7.77. The van der Waals surface area contributed by atoms with Gasteiger partial charge in [0.15, 0.2) is 6.61 Å². The molecule has 0 atom stereocenters. The van der Waals surface area contributed by atoms with Crippen molar-refractivity contribution in [3.05, 3.63) is 97.2 Å². The number of carbonyl (C=O) groups is 1. The van der Waals surface area contributed by atoms with Crippen LogP contribution in [0.2, 0.25) is 0 Å². The normalized spacial score (nSPS) is 14.1. The third-order valence-electron chi connectivity index (χ3n) is 6.59. The number of para-hydroxylation sites is 2. The molecular formula is C29H25Br2FN4O3. The molecule has 10 heteroatoms. The van der Waals surface area contributed by atoms with Gasteiger partial charge in [-0.15, -0.1) is 0 Å². The van der Waals surface area contributed by atoms with Crippen molar-refractivity contribution in [2.24, 2.45) is 5.10 Å². The van der Waals surface area contributed by atoms with Gasteiger partial charge in [-0.25, -0.2) is 9.37 Å². The van der Waals surface area contributed by atoms with Crippen LogP contribution < -0.4 is 15.6 Å². The fourth-order valence-electron chi connectivity index (χ4n) is 4.68. The van der Waals surface area contributed by atoms with Crippen LogP contribution in [-0.2, 0) is 4.79 Å². The highest BCUT2D eigenvalue weighted by molar-refractivity contribution is 9.11. The second kappa shape index (κ2) is 12.2. The molecule has 1 saturated carbocycles. The van der Waals surface area contributed by atoms with E-state index in [9.17, 15) is 14.0 Å². The lowest BCUT2D eigenvalue weighted by atomic mass is 9.88. The summed E-state index contributed by atoms with van der Waals surface area (Å²) in [7, 11) is 0. The predicted octanol–water partition coefficient (Wildman–Crippen LogP) is 7.01. The number of carbonyl (C=O) groups excluding carboxylic acids is 1. The Kier molecular flexibility index (Phi) is 8.52. The molecule has 3 aromatic carbocycles. The van der Waals surface area contributed by atoms with Crippen molar-refractivity contribution in [1.29, 1.82) is 0 Å². The van der Waals surface area contributed by atoms with E-state index in [1.54, 1.807) is 36.5 Å². The summed E-state index contributed by atoms with van der Waals surface area (Å²) in [5.41, 5.74) is 1.27. The van der Waals surface area contributed by atoms with Crippen LogP contribution in [0.5, 0.6) is 5.75 Å². The van der Waals surface area contributed by atoms with E-state index in [1.165, 1.54) is 23.2 Å². The van der Waals surface area contributed by atoms with Gasteiger partial charge in [-0.3, -0.25) is 9.59 Å². The molecule has 0 aliphatic heterocycles. The number of ether oxygens (including phenoxy) is 1. The highest BCUT2D eigenvalue weighted by Gasteiger charge is 2.22. The van der Waals surface area contributed by atoms with E-state index in [0.717, 1.165) is 25.7 Å². The first-order valence-electron chi connectivity index (χ1n) is 12.6. The van der Waals surface area contributed by atoms with Crippen LogP contribution in [0.15, 0.2) is 79.5 Å². The first-order valence-corrected chi connectivity index (χ1v) is 14.2. The lowest BCUT2D eigenvalue weighted by Gasteiger charge is -2.22. The van der Waals surface area contributed by atoms with Crippen molar-refractivity contribution in [2.45, 2.75) is 38.0 Å². The third kappa shape index (κ3) is 6.28. The largest absolute Gasteiger partial charge is 0.481 e. The van der Waals surface area contributed by atoms with Crippen molar-refractivity contribution >= 4 is 60.6 Å². The maximum absolute atomic E-state index is 13.8. The van der Waals surface area contributed by atoms with Gasteiger partial charge >= 0.3 is 0 Å². The average molecular weight is 656 g/mol. The maximum Gasteiger partial charge on any atom is 0.282 e. The summed E-state index contributed by atoms with van der Waals surface area (Å²) in [6.07, 6.45) is 6.97. The summed E-state index contributed by atoms with van der Waals surface area (Å²) in [6, 6.07) is 16.8. The Morgan fingerprint density at radius 3 is 2.51 bits per heavy atom. The summed E-state index contributed by atoms with van der Waals surface area (Å²) < 4.78 is 22.1. The number of hydrogen-bond donors (Lipinski definition) is 1. The van der Waals surface area contributed by atoms with Crippen molar-refractivity contribution in [3.8, 4) is 5.75 Å². The topological polar surface area (TPSA) is 85.6 Å². The molecule has 1 N–H and O–H groups in total. The van der Waals surface area contributed by atoms with E-state index in [0.29, 0.717) is 37.0 Å². The molecule has 1 fully saturated rings. The molecule has 1 aliphatic rings. The van der Waals surface area contributed by atoms with Gasteiger partial charge in [-0.05, 0) is 86.7 Å². The first-order chi connectivity index (χ1) is 18.9. The Bertz CT molecular complexity index is 1590. The molecule has 0 bridgehead atoms. The molecule has 0 saturated heterocycles. The Morgan fingerprint density at radius 1 is 1.08 bits per heavy atom. The number of nitrogens with zero attached hydrogens (tertiary/aromatic N) is 3. The van der Waals surface area contributed by atoms with E-state index in [2.05, 4.69) is 42.3 Å². The number of benzene rings is 3. The van der Waals surface area contributed by atoms with Crippen molar-refractivity contribution in [3.63, 3.8) is 0 Å². The fourth-order valence-corrected chi connectivity index (χ4v) is 6.13. The predicted molar refractivity (Wildman–Crippen MR) is 157 cm³/mol. The molecule has 1 amide bonds. The first kappa shape index (κ1) is 27.2. The van der Waals surface area contributed by atoms with Gasteiger partial charge < -0.3 is 10.1 Å². The Hall–Kier alpha value is -3.37. The molecule has 1 aromatic heterocycles. The Morgan fingerprint density at radius 2 is 1.77 bits per heavy atom. The molecule has 4 aromatic rings. The summed E-state index contributed by atoms with van der Waals surface area (Å²) >= 11 is 6.98. The number of nitrogens with one attached hydrogen (secondary N) is 1. The zero-order chi connectivity index (χ0) is 27.4. The molecule has 0 spiro atoms. The molecule has 1 heterocycles. The van der Waals surface area contributed by atoms with Crippen LogP contribution in [-0.4, -0.2) is 28.4 Å². The van der Waals surface area contributed by atoms with Crippen molar-refractivity contribution in [1.82, 2.24) is 9.66 Å². The summed E-state index contributed by atoms with van der Waals surface area (Å²) in [6.45, 7) is -0.318. The van der Waals surface area contributed by atoms with Crippen LogP contribution >= 0.6 is 31.9 Å².